The Kier molecular flexibility index (Phi) is 3.17. The maximum absolute atomic E-state index is 5.65. The van der Waals surface area contributed by atoms with Gasteiger partial charge in [-0.3, -0.25) is 4.90 Å². The van der Waals surface area contributed by atoms with Crippen molar-refractivity contribution in [2.45, 2.75) is 44.3 Å². The molecule has 0 amide bonds. The van der Waals surface area contributed by atoms with E-state index < -0.39 is 0 Å². The third-order valence-corrected chi connectivity index (χ3v) is 4.18. The number of rotatable bonds is 3. The molecule has 0 N–H and O–H groups in total. The molecule has 1 aromatic rings. The zero-order chi connectivity index (χ0) is 11.7. The summed E-state index contributed by atoms with van der Waals surface area (Å²) in [6.45, 7) is 4.24. The molecule has 92 valence electrons. The third kappa shape index (κ3) is 2.24. The molecule has 2 aliphatic rings. The van der Waals surface area contributed by atoms with E-state index in [-0.39, 0.29) is 0 Å². The Morgan fingerprint density at radius 1 is 1.18 bits per heavy atom. The zero-order valence-electron chi connectivity index (χ0n) is 10.5. The molecule has 2 fully saturated rings. The second-order valence-electron chi connectivity index (χ2n) is 5.41. The van der Waals surface area contributed by atoms with Crippen LogP contribution in [-0.4, -0.2) is 36.2 Å². The SMILES string of the molecule is CC(Cc1ccccc1)N1C2CCC1COC2. The molecule has 0 aromatic heterocycles. The van der Waals surface area contributed by atoms with Crippen LogP contribution in [0.1, 0.15) is 25.3 Å². The van der Waals surface area contributed by atoms with Gasteiger partial charge in [0.2, 0.25) is 0 Å². The molecule has 2 aliphatic heterocycles. The first-order valence-electron chi connectivity index (χ1n) is 6.73. The Balaban J connectivity index is 1.68. The van der Waals surface area contributed by atoms with Crippen molar-refractivity contribution in [2.75, 3.05) is 13.2 Å². The van der Waals surface area contributed by atoms with Gasteiger partial charge >= 0.3 is 0 Å². The van der Waals surface area contributed by atoms with Crippen LogP contribution in [0.2, 0.25) is 0 Å². The quantitative estimate of drug-likeness (QED) is 0.792. The molecule has 17 heavy (non-hydrogen) atoms. The first-order valence-corrected chi connectivity index (χ1v) is 6.73. The van der Waals surface area contributed by atoms with E-state index in [1.54, 1.807) is 0 Å². The highest BCUT2D eigenvalue weighted by Gasteiger charge is 2.39. The highest BCUT2D eigenvalue weighted by atomic mass is 16.5. The predicted molar refractivity (Wildman–Crippen MR) is 69.1 cm³/mol. The summed E-state index contributed by atoms with van der Waals surface area (Å²) in [5.41, 5.74) is 1.45. The smallest absolute Gasteiger partial charge is 0.0622 e. The van der Waals surface area contributed by atoms with Gasteiger partial charge in [-0.25, -0.2) is 0 Å². The lowest BCUT2D eigenvalue weighted by molar-refractivity contribution is -0.0326. The Morgan fingerprint density at radius 2 is 1.82 bits per heavy atom. The fourth-order valence-corrected chi connectivity index (χ4v) is 3.44. The summed E-state index contributed by atoms with van der Waals surface area (Å²) in [6, 6.07) is 12.8. The van der Waals surface area contributed by atoms with Crippen molar-refractivity contribution in [2.24, 2.45) is 0 Å². The Morgan fingerprint density at radius 3 is 2.47 bits per heavy atom. The summed E-state index contributed by atoms with van der Waals surface area (Å²) in [5.74, 6) is 0. The second-order valence-corrected chi connectivity index (χ2v) is 5.41. The number of morpholine rings is 1. The molecule has 0 aliphatic carbocycles. The Bertz CT molecular complexity index is 348. The van der Waals surface area contributed by atoms with Crippen LogP contribution in [0.5, 0.6) is 0 Å². The molecule has 3 rings (SSSR count). The fourth-order valence-electron chi connectivity index (χ4n) is 3.44. The van der Waals surface area contributed by atoms with E-state index in [4.69, 9.17) is 4.74 Å². The molecule has 0 radical (unpaired) electrons. The summed E-state index contributed by atoms with van der Waals surface area (Å²) in [7, 11) is 0. The number of hydrogen-bond acceptors (Lipinski definition) is 2. The van der Waals surface area contributed by atoms with E-state index in [2.05, 4.69) is 42.2 Å². The minimum absolute atomic E-state index is 0.638. The third-order valence-electron chi connectivity index (χ3n) is 4.18. The Hall–Kier alpha value is -0.860. The van der Waals surface area contributed by atoms with E-state index >= 15 is 0 Å². The predicted octanol–water partition coefficient (Wildman–Crippen LogP) is 2.48. The fraction of sp³-hybridized carbons (Fsp3) is 0.600. The van der Waals surface area contributed by atoms with E-state index in [9.17, 15) is 0 Å². The highest BCUT2D eigenvalue weighted by Crippen LogP contribution is 2.31. The summed E-state index contributed by atoms with van der Waals surface area (Å²) < 4.78 is 5.65. The average Bonchev–Trinajstić information content (AvgIpc) is 2.61. The van der Waals surface area contributed by atoms with Gasteiger partial charge < -0.3 is 4.74 Å². The number of fused-ring (bicyclic) bond motifs is 2. The molecule has 3 unspecified atom stereocenters. The molecule has 2 heterocycles. The first kappa shape index (κ1) is 11.2. The van der Waals surface area contributed by atoms with Gasteiger partial charge in [-0.15, -0.1) is 0 Å². The first-order chi connectivity index (χ1) is 8.34. The lowest BCUT2D eigenvalue weighted by Gasteiger charge is -2.39. The highest BCUT2D eigenvalue weighted by molar-refractivity contribution is 5.16. The van der Waals surface area contributed by atoms with Crippen LogP contribution in [0.25, 0.3) is 0 Å². The monoisotopic (exact) mass is 231 g/mol. The summed E-state index contributed by atoms with van der Waals surface area (Å²) in [5, 5.41) is 0. The van der Waals surface area contributed by atoms with Crippen LogP contribution >= 0.6 is 0 Å². The maximum atomic E-state index is 5.65. The van der Waals surface area contributed by atoms with Gasteiger partial charge in [0.05, 0.1) is 13.2 Å². The van der Waals surface area contributed by atoms with Gasteiger partial charge in [0.15, 0.2) is 0 Å². The zero-order valence-corrected chi connectivity index (χ0v) is 10.5. The van der Waals surface area contributed by atoms with E-state index in [0.29, 0.717) is 18.1 Å². The molecule has 2 saturated heterocycles. The number of ether oxygens (including phenoxy) is 1. The van der Waals surface area contributed by atoms with Gasteiger partial charge in [-0.1, -0.05) is 30.3 Å². The van der Waals surface area contributed by atoms with Crippen molar-refractivity contribution in [3.63, 3.8) is 0 Å². The average molecular weight is 231 g/mol. The van der Waals surface area contributed by atoms with E-state index in [1.165, 1.54) is 18.4 Å². The lowest BCUT2D eigenvalue weighted by atomic mass is 10.0. The van der Waals surface area contributed by atoms with Crippen LogP contribution in [-0.2, 0) is 11.2 Å². The van der Waals surface area contributed by atoms with Crippen molar-refractivity contribution in [1.29, 1.82) is 0 Å². The number of hydrogen-bond donors (Lipinski definition) is 0. The van der Waals surface area contributed by atoms with Crippen LogP contribution in [0.15, 0.2) is 30.3 Å². The number of nitrogens with zero attached hydrogens (tertiary/aromatic N) is 1. The van der Waals surface area contributed by atoms with E-state index in [0.717, 1.165) is 19.6 Å². The molecule has 0 saturated carbocycles. The van der Waals surface area contributed by atoms with Crippen LogP contribution in [0, 0.1) is 0 Å². The Labute approximate surface area is 104 Å². The molecule has 2 bridgehead atoms. The molecule has 3 atom stereocenters. The van der Waals surface area contributed by atoms with Crippen LogP contribution < -0.4 is 0 Å². The molecule has 2 nitrogen and oxygen atoms in total. The molecule has 2 heteroatoms. The molecular formula is C15H21NO. The van der Waals surface area contributed by atoms with Crippen molar-refractivity contribution >= 4 is 0 Å². The minimum atomic E-state index is 0.638. The van der Waals surface area contributed by atoms with Gasteiger partial charge in [0.25, 0.3) is 0 Å². The topological polar surface area (TPSA) is 12.5 Å². The largest absolute Gasteiger partial charge is 0.378 e. The maximum Gasteiger partial charge on any atom is 0.0622 e. The van der Waals surface area contributed by atoms with Gasteiger partial charge in [0.1, 0.15) is 0 Å². The van der Waals surface area contributed by atoms with Crippen LogP contribution in [0.4, 0.5) is 0 Å². The summed E-state index contributed by atoms with van der Waals surface area (Å²) in [6.07, 6.45) is 3.81. The standard InChI is InChI=1S/C15H21NO/c1-12(9-13-5-3-2-4-6-13)16-14-7-8-15(16)11-17-10-14/h2-6,12,14-15H,7-11H2,1H3. The van der Waals surface area contributed by atoms with Crippen molar-refractivity contribution in [3.8, 4) is 0 Å². The van der Waals surface area contributed by atoms with Crippen molar-refractivity contribution in [3.05, 3.63) is 35.9 Å². The van der Waals surface area contributed by atoms with Gasteiger partial charge in [-0.05, 0) is 31.7 Å². The molecular weight excluding hydrogens is 210 g/mol. The molecule has 1 aromatic carbocycles. The summed E-state index contributed by atoms with van der Waals surface area (Å²) >= 11 is 0. The van der Waals surface area contributed by atoms with Crippen molar-refractivity contribution < 1.29 is 4.74 Å². The van der Waals surface area contributed by atoms with E-state index in [1.807, 2.05) is 0 Å². The van der Waals surface area contributed by atoms with Gasteiger partial charge in [0, 0.05) is 18.1 Å². The minimum Gasteiger partial charge on any atom is -0.378 e. The lowest BCUT2D eigenvalue weighted by Crippen LogP contribution is -2.50. The normalized spacial score (nSPS) is 30.4. The number of benzene rings is 1. The van der Waals surface area contributed by atoms with Gasteiger partial charge in [-0.2, -0.15) is 0 Å². The van der Waals surface area contributed by atoms with Crippen LogP contribution in [0.3, 0.4) is 0 Å². The van der Waals surface area contributed by atoms with Crippen molar-refractivity contribution in [1.82, 2.24) is 4.90 Å². The summed E-state index contributed by atoms with van der Waals surface area (Å²) in [4.78, 5) is 2.70. The molecule has 0 spiro atoms. The second kappa shape index (κ2) is 4.79.